The molecule has 0 unspecified atom stereocenters. The Labute approximate surface area is 108 Å². The van der Waals surface area contributed by atoms with Gasteiger partial charge in [-0.3, -0.25) is 0 Å². The number of benzene rings is 1. The molecule has 2 heteroatoms. The Morgan fingerprint density at radius 1 is 1.35 bits per heavy atom. The first kappa shape index (κ1) is 13.6. The number of rotatable bonds is 4. The molecule has 0 aliphatic rings. The highest BCUT2D eigenvalue weighted by atomic mass is 35.5. The van der Waals surface area contributed by atoms with Gasteiger partial charge in [-0.2, -0.15) is 0 Å². The lowest BCUT2D eigenvalue weighted by molar-refractivity contribution is 1.17. The summed E-state index contributed by atoms with van der Waals surface area (Å²) in [6.07, 6.45) is 4.81. The molecule has 1 rings (SSSR count). The van der Waals surface area contributed by atoms with Gasteiger partial charge in [0.05, 0.1) is 0 Å². The van der Waals surface area contributed by atoms with Crippen molar-refractivity contribution in [1.29, 1.82) is 0 Å². The molecule has 1 aromatic carbocycles. The van der Waals surface area contributed by atoms with E-state index in [1.54, 1.807) is 0 Å². The van der Waals surface area contributed by atoms with Crippen LogP contribution in [0.3, 0.4) is 0 Å². The molecule has 0 atom stereocenters. The second kappa shape index (κ2) is 6.31. The van der Waals surface area contributed by atoms with Gasteiger partial charge < -0.3 is 5.73 Å². The summed E-state index contributed by atoms with van der Waals surface area (Å²) in [7, 11) is 0. The molecule has 1 nitrogen and oxygen atoms in total. The van der Waals surface area contributed by atoms with E-state index in [9.17, 15) is 0 Å². The first-order chi connectivity index (χ1) is 7.97. The van der Waals surface area contributed by atoms with Crippen molar-refractivity contribution in [3.05, 3.63) is 70.4 Å². The van der Waals surface area contributed by atoms with E-state index in [-0.39, 0.29) is 0 Å². The van der Waals surface area contributed by atoms with Crippen molar-refractivity contribution in [3.8, 4) is 0 Å². The number of allylic oxidation sites excluding steroid dienone is 4. The quantitative estimate of drug-likeness (QED) is 0.791. The molecule has 0 aliphatic heterocycles. The van der Waals surface area contributed by atoms with Crippen LogP contribution in [0.1, 0.15) is 19.4 Å². The van der Waals surface area contributed by atoms with Gasteiger partial charge in [0.1, 0.15) is 0 Å². The van der Waals surface area contributed by atoms with Gasteiger partial charge in [0, 0.05) is 10.7 Å². The maximum atomic E-state index is 5.96. The van der Waals surface area contributed by atoms with Gasteiger partial charge in [-0.25, -0.2) is 0 Å². The molecule has 0 fully saturated rings. The Kier molecular flexibility index (Phi) is 5.05. The monoisotopic (exact) mass is 247 g/mol. The number of hydrogen-bond acceptors (Lipinski definition) is 1. The van der Waals surface area contributed by atoms with Gasteiger partial charge in [-0.15, -0.1) is 0 Å². The minimum absolute atomic E-state index is 0.569. The van der Waals surface area contributed by atoms with Gasteiger partial charge in [-0.05, 0) is 49.6 Å². The highest BCUT2D eigenvalue weighted by Crippen LogP contribution is 2.16. The van der Waals surface area contributed by atoms with Crippen LogP contribution in [0, 0.1) is 0 Å². The van der Waals surface area contributed by atoms with Crippen molar-refractivity contribution < 1.29 is 0 Å². The summed E-state index contributed by atoms with van der Waals surface area (Å²) in [5.74, 6) is 0. The molecule has 2 N–H and O–H groups in total. The molecule has 0 radical (unpaired) electrons. The molecule has 0 bridgehead atoms. The van der Waals surface area contributed by atoms with E-state index in [4.69, 9.17) is 17.3 Å². The third kappa shape index (κ3) is 5.41. The fourth-order valence-corrected chi connectivity index (χ4v) is 1.85. The highest BCUT2D eigenvalue weighted by molar-refractivity contribution is 6.30. The van der Waals surface area contributed by atoms with E-state index in [0.717, 1.165) is 17.0 Å². The smallest absolute Gasteiger partial charge is 0.0408 e. The van der Waals surface area contributed by atoms with E-state index in [0.29, 0.717) is 5.70 Å². The van der Waals surface area contributed by atoms with Crippen LogP contribution in [0.5, 0.6) is 0 Å². The molecule has 90 valence electrons. The summed E-state index contributed by atoms with van der Waals surface area (Å²) in [5, 5.41) is 0.755. The number of nitrogens with two attached hydrogens (primary N) is 1. The van der Waals surface area contributed by atoms with Gasteiger partial charge in [0.2, 0.25) is 0 Å². The van der Waals surface area contributed by atoms with Crippen molar-refractivity contribution in [2.24, 2.45) is 5.73 Å². The maximum absolute atomic E-state index is 5.96. The molecule has 0 amide bonds. The third-order valence-corrected chi connectivity index (χ3v) is 2.38. The van der Waals surface area contributed by atoms with Crippen LogP contribution in [0.2, 0.25) is 5.02 Å². The van der Waals surface area contributed by atoms with E-state index in [1.165, 1.54) is 11.1 Å². The van der Waals surface area contributed by atoms with E-state index < -0.39 is 0 Å². The predicted octanol–water partition coefficient (Wildman–Crippen LogP) is 4.25. The van der Waals surface area contributed by atoms with Crippen LogP contribution in [-0.2, 0) is 6.42 Å². The Morgan fingerprint density at radius 3 is 2.59 bits per heavy atom. The summed E-state index contributed by atoms with van der Waals surface area (Å²) in [5.41, 5.74) is 9.74. The Bertz CT molecular complexity index is 466. The first-order valence-corrected chi connectivity index (χ1v) is 5.89. The van der Waals surface area contributed by atoms with Crippen LogP contribution >= 0.6 is 11.6 Å². The van der Waals surface area contributed by atoms with Crippen LogP contribution in [0.15, 0.2) is 59.8 Å². The largest absolute Gasteiger partial charge is 0.399 e. The average molecular weight is 248 g/mol. The van der Waals surface area contributed by atoms with Crippen molar-refractivity contribution >= 4 is 11.6 Å². The summed E-state index contributed by atoms with van der Waals surface area (Å²) in [4.78, 5) is 0. The lowest BCUT2D eigenvalue weighted by atomic mass is 10.0. The Hall–Kier alpha value is -1.47. The minimum atomic E-state index is 0.569. The molecule has 1 aromatic rings. The maximum Gasteiger partial charge on any atom is 0.0408 e. The van der Waals surface area contributed by atoms with Crippen LogP contribution in [-0.4, -0.2) is 0 Å². The molecule has 0 heterocycles. The van der Waals surface area contributed by atoms with Crippen molar-refractivity contribution in [1.82, 2.24) is 0 Å². The van der Waals surface area contributed by atoms with E-state index >= 15 is 0 Å². The van der Waals surface area contributed by atoms with Crippen LogP contribution in [0.25, 0.3) is 0 Å². The molecule has 0 saturated heterocycles. The summed E-state index contributed by atoms with van der Waals surface area (Å²) in [6.45, 7) is 7.83. The minimum Gasteiger partial charge on any atom is -0.399 e. The Morgan fingerprint density at radius 2 is 2.06 bits per heavy atom. The van der Waals surface area contributed by atoms with Gasteiger partial charge in [-0.1, -0.05) is 42.0 Å². The van der Waals surface area contributed by atoms with Gasteiger partial charge >= 0.3 is 0 Å². The second-order valence-electron chi connectivity index (χ2n) is 4.32. The zero-order valence-corrected chi connectivity index (χ0v) is 11.1. The zero-order valence-electron chi connectivity index (χ0n) is 10.3. The lowest BCUT2D eigenvalue weighted by Crippen LogP contribution is -1.95. The van der Waals surface area contributed by atoms with Crippen LogP contribution < -0.4 is 5.73 Å². The van der Waals surface area contributed by atoms with E-state index in [1.807, 2.05) is 24.3 Å². The number of hydrogen-bond donors (Lipinski definition) is 1. The number of halogens is 1. The lowest BCUT2D eigenvalue weighted by Gasteiger charge is -2.05. The van der Waals surface area contributed by atoms with Crippen molar-refractivity contribution in [2.75, 3.05) is 0 Å². The van der Waals surface area contributed by atoms with Crippen molar-refractivity contribution in [2.45, 2.75) is 20.3 Å². The standard InChI is InChI=1S/C15H18ClN/c1-11(2)7-14(8-12(3)17)9-13-5-4-6-15(16)10-13/h4-8,10H,3,9,17H2,1-2H3/b14-8+. The third-order valence-electron chi connectivity index (χ3n) is 2.14. The van der Waals surface area contributed by atoms with Gasteiger partial charge in [0.25, 0.3) is 0 Å². The summed E-state index contributed by atoms with van der Waals surface area (Å²) >= 11 is 5.96. The van der Waals surface area contributed by atoms with Gasteiger partial charge in [0.15, 0.2) is 0 Å². The molecule has 0 aromatic heterocycles. The Balaban J connectivity index is 2.95. The predicted molar refractivity (Wildman–Crippen MR) is 76.0 cm³/mol. The molecule has 0 saturated carbocycles. The fourth-order valence-electron chi connectivity index (χ4n) is 1.64. The van der Waals surface area contributed by atoms with Crippen molar-refractivity contribution in [3.63, 3.8) is 0 Å². The molecular formula is C15H18ClN. The molecule has 0 spiro atoms. The SMILES string of the molecule is C=C(N)/C=C(\C=C(C)C)Cc1cccc(Cl)c1. The van der Waals surface area contributed by atoms with Crippen LogP contribution in [0.4, 0.5) is 0 Å². The fraction of sp³-hybridized carbons (Fsp3) is 0.200. The first-order valence-electron chi connectivity index (χ1n) is 5.51. The molecule has 0 aliphatic carbocycles. The highest BCUT2D eigenvalue weighted by Gasteiger charge is 1.99. The van der Waals surface area contributed by atoms with E-state index in [2.05, 4.69) is 32.6 Å². The normalized spacial score (nSPS) is 11.1. The summed E-state index contributed by atoms with van der Waals surface area (Å²) in [6, 6.07) is 7.84. The second-order valence-corrected chi connectivity index (χ2v) is 4.76. The molecule has 17 heavy (non-hydrogen) atoms. The zero-order chi connectivity index (χ0) is 12.8. The summed E-state index contributed by atoms with van der Waals surface area (Å²) < 4.78 is 0. The topological polar surface area (TPSA) is 26.0 Å². The molecular weight excluding hydrogens is 230 g/mol. The average Bonchev–Trinajstić information content (AvgIpc) is 2.14.